The van der Waals surface area contributed by atoms with Gasteiger partial charge >= 0.3 is 0 Å². The van der Waals surface area contributed by atoms with Crippen LogP contribution in [0.5, 0.6) is 0 Å². The molecule has 120 valence electrons. The number of likely N-dealkylation sites (tertiary alicyclic amines) is 2. The molecule has 0 radical (unpaired) electrons. The third-order valence-electron chi connectivity index (χ3n) is 4.80. The Morgan fingerprint density at radius 1 is 1.18 bits per heavy atom. The first-order chi connectivity index (χ1) is 10.6. The lowest BCUT2D eigenvalue weighted by Gasteiger charge is -2.41. The molecule has 0 aliphatic carbocycles. The first-order valence-corrected chi connectivity index (χ1v) is 8.14. The fourth-order valence-corrected chi connectivity index (χ4v) is 3.58. The summed E-state index contributed by atoms with van der Waals surface area (Å²) in [5.74, 6) is -0.0182. The number of carbonyl (C=O) groups excluding carboxylic acids is 1. The SMILES string of the molecule is C[C@@H]1CCCN(C2CCN(C(=O)c3cnc(F)cn3)CC2)C1. The van der Waals surface area contributed by atoms with Crippen molar-refractivity contribution in [2.24, 2.45) is 5.92 Å². The van der Waals surface area contributed by atoms with Gasteiger partial charge in [0.2, 0.25) is 5.95 Å². The van der Waals surface area contributed by atoms with Gasteiger partial charge in [0.25, 0.3) is 5.91 Å². The molecule has 2 aliphatic heterocycles. The monoisotopic (exact) mass is 306 g/mol. The minimum atomic E-state index is -0.658. The van der Waals surface area contributed by atoms with Crippen LogP contribution < -0.4 is 0 Å². The van der Waals surface area contributed by atoms with Gasteiger partial charge in [0.15, 0.2) is 0 Å². The fraction of sp³-hybridized carbons (Fsp3) is 0.688. The maximum absolute atomic E-state index is 12.8. The van der Waals surface area contributed by atoms with Crippen molar-refractivity contribution in [3.8, 4) is 0 Å². The zero-order valence-corrected chi connectivity index (χ0v) is 13.0. The van der Waals surface area contributed by atoms with Crippen LogP contribution in [0.15, 0.2) is 12.4 Å². The number of hydrogen-bond donors (Lipinski definition) is 0. The number of amides is 1. The van der Waals surface area contributed by atoms with Gasteiger partial charge in [0, 0.05) is 25.7 Å². The van der Waals surface area contributed by atoms with Crippen LogP contribution in [0.25, 0.3) is 0 Å². The van der Waals surface area contributed by atoms with Crippen molar-refractivity contribution in [1.82, 2.24) is 19.8 Å². The lowest BCUT2D eigenvalue weighted by molar-refractivity contribution is 0.0537. The first-order valence-electron chi connectivity index (χ1n) is 8.14. The van der Waals surface area contributed by atoms with Gasteiger partial charge in [-0.05, 0) is 38.1 Å². The van der Waals surface area contributed by atoms with Gasteiger partial charge in [-0.15, -0.1) is 0 Å². The largest absolute Gasteiger partial charge is 0.337 e. The Hall–Kier alpha value is -1.56. The van der Waals surface area contributed by atoms with E-state index >= 15 is 0 Å². The Morgan fingerprint density at radius 2 is 1.95 bits per heavy atom. The standard InChI is InChI=1S/C16H23FN4O/c1-12-3-2-6-21(11-12)13-4-7-20(8-5-13)16(22)14-9-19-15(17)10-18-14/h9-10,12-13H,2-8,11H2,1H3/t12-/m1/s1. The topological polar surface area (TPSA) is 49.3 Å². The Morgan fingerprint density at radius 3 is 2.59 bits per heavy atom. The third kappa shape index (κ3) is 3.43. The number of nitrogens with zero attached hydrogens (tertiary/aromatic N) is 4. The summed E-state index contributed by atoms with van der Waals surface area (Å²) >= 11 is 0. The maximum Gasteiger partial charge on any atom is 0.274 e. The highest BCUT2D eigenvalue weighted by Crippen LogP contribution is 2.24. The van der Waals surface area contributed by atoms with Gasteiger partial charge in [0.1, 0.15) is 5.69 Å². The molecule has 1 amide bonds. The van der Waals surface area contributed by atoms with Crippen molar-refractivity contribution in [3.05, 3.63) is 24.0 Å². The molecule has 0 aromatic carbocycles. The minimum Gasteiger partial charge on any atom is -0.337 e. The van der Waals surface area contributed by atoms with Crippen molar-refractivity contribution in [2.75, 3.05) is 26.2 Å². The molecule has 2 aliphatic rings. The summed E-state index contributed by atoms with van der Waals surface area (Å²) in [6.07, 6.45) is 6.84. The second kappa shape index (κ2) is 6.69. The number of halogens is 1. The Labute approximate surface area is 130 Å². The molecular formula is C16H23FN4O. The highest BCUT2D eigenvalue weighted by molar-refractivity contribution is 5.92. The summed E-state index contributed by atoms with van der Waals surface area (Å²) in [5.41, 5.74) is 0.228. The van der Waals surface area contributed by atoms with Gasteiger partial charge in [-0.3, -0.25) is 9.69 Å². The van der Waals surface area contributed by atoms with E-state index < -0.39 is 5.95 Å². The first kappa shape index (κ1) is 15.3. The van der Waals surface area contributed by atoms with Crippen LogP contribution in [0, 0.1) is 11.9 Å². The van der Waals surface area contributed by atoms with Crippen molar-refractivity contribution in [3.63, 3.8) is 0 Å². The number of carbonyl (C=O) groups is 1. The van der Waals surface area contributed by atoms with Crippen LogP contribution in [-0.4, -0.2) is 57.9 Å². The Kier molecular flexibility index (Phi) is 4.66. The van der Waals surface area contributed by atoms with E-state index in [1.54, 1.807) is 0 Å². The summed E-state index contributed by atoms with van der Waals surface area (Å²) in [5, 5.41) is 0. The molecule has 3 heterocycles. The zero-order valence-electron chi connectivity index (χ0n) is 13.0. The minimum absolute atomic E-state index is 0.141. The molecule has 3 rings (SSSR count). The molecule has 0 N–H and O–H groups in total. The van der Waals surface area contributed by atoms with Crippen LogP contribution in [0.4, 0.5) is 4.39 Å². The molecule has 5 nitrogen and oxygen atoms in total. The van der Waals surface area contributed by atoms with E-state index in [0.29, 0.717) is 6.04 Å². The number of piperidine rings is 2. The van der Waals surface area contributed by atoms with Gasteiger partial charge in [0.05, 0.1) is 12.4 Å². The van der Waals surface area contributed by atoms with Gasteiger partial charge in [-0.2, -0.15) is 4.39 Å². The highest BCUT2D eigenvalue weighted by atomic mass is 19.1. The molecule has 1 atom stereocenters. The molecule has 0 spiro atoms. The Balaban J connectivity index is 1.55. The summed E-state index contributed by atoms with van der Waals surface area (Å²) in [7, 11) is 0. The number of hydrogen-bond acceptors (Lipinski definition) is 4. The second-order valence-electron chi connectivity index (χ2n) is 6.49. The van der Waals surface area contributed by atoms with Crippen molar-refractivity contribution in [2.45, 2.75) is 38.6 Å². The van der Waals surface area contributed by atoms with E-state index in [1.807, 2.05) is 4.90 Å². The Bertz CT molecular complexity index is 513. The van der Waals surface area contributed by atoms with Gasteiger partial charge in [-0.25, -0.2) is 9.97 Å². The normalized spacial score (nSPS) is 24.5. The van der Waals surface area contributed by atoms with Crippen LogP contribution in [0.3, 0.4) is 0 Å². The molecule has 0 saturated carbocycles. The average Bonchev–Trinajstić information content (AvgIpc) is 2.55. The van der Waals surface area contributed by atoms with E-state index in [1.165, 1.54) is 32.1 Å². The van der Waals surface area contributed by atoms with Crippen molar-refractivity contribution in [1.29, 1.82) is 0 Å². The molecule has 0 unspecified atom stereocenters. The lowest BCUT2D eigenvalue weighted by Crippen LogP contribution is -2.49. The molecule has 6 heteroatoms. The summed E-state index contributed by atoms with van der Waals surface area (Å²) in [6, 6.07) is 0.589. The predicted octanol–water partition coefficient (Wildman–Crippen LogP) is 1.95. The van der Waals surface area contributed by atoms with Crippen molar-refractivity contribution >= 4 is 5.91 Å². The molecular weight excluding hydrogens is 283 g/mol. The summed E-state index contributed by atoms with van der Waals surface area (Å²) in [6.45, 7) is 6.17. The van der Waals surface area contributed by atoms with Gasteiger partial charge < -0.3 is 4.90 Å². The highest BCUT2D eigenvalue weighted by Gasteiger charge is 2.29. The molecule has 22 heavy (non-hydrogen) atoms. The van der Waals surface area contributed by atoms with Crippen LogP contribution >= 0.6 is 0 Å². The lowest BCUT2D eigenvalue weighted by atomic mass is 9.95. The smallest absolute Gasteiger partial charge is 0.274 e. The average molecular weight is 306 g/mol. The second-order valence-corrected chi connectivity index (χ2v) is 6.49. The van der Waals surface area contributed by atoms with E-state index in [-0.39, 0.29) is 11.6 Å². The molecule has 2 fully saturated rings. The number of aromatic nitrogens is 2. The van der Waals surface area contributed by atoms with E-state index in [0.717, 1.165) is 38.0 Å². The van der Waals surface area contributed by atoms with E-state index in [2.05, 4.69) is 21.8 Å². The van der Waals surface area contributed by atoms with Gasteiger partial charge in [-0.1, -0.05) is 6.92 Å². The van der Waals surface area contributed by atoms with Crippen LogP contribution in [0.1, 0.15) is 43.1 Å². The summed E-state index contributed by atoms with van der Waals surface area (Å²) in [4.78, 5) is 24.1. The predicted molar refractivity (Wildman–Crippen MR) is 80.9 cm³/mol. The third-order valence-corrected chi connectivity index (χ3v) is 4.80. The van der Waals surface area contributed by atoms with Crippen molar-refractivity contribution < 1.29 is 9.18 Å². The quantitative estimate of drug-likeness (QED) is 0.838. The molecule has 1 aromatic heterocycles. The molecule has 0 bridgehead atoms. The van der Waals surface area contributed by atoms with E-state index in [9.17, 15) is 9.18 Å². The maximum atomic E-state index is 12.8. The van der Waals surface area contributed by atoms with Crippen LogP contribution in [-0.2, 0) is 0 Å². The molecule has 1 aromatic rings. The zero-order chi connectivity index (χ0) is 15.5. The van der Waals surface area contributed by atoms with Crippen LogP contribution in [0.2, 0.25) is 0 Å². The number of rotatable bonds is 2. The fourth-order valence-electron chi connectivity index (χ4n) is 3.58. The molecule has 2 saturated heterocycles. The summed E-state index contributed by atoms with van der Waals surface area (Å²) < 4.78 is 12.8. The van der Waals surface area contributed by atoms with E-state index in [4.69, 9.17) is 0 Å².